The molecule has 114 valence electrons. The van der Waals surface area contributed by atoms with E-state index in [4.69, 9.17) is 4.74 Å². The Labute approximate surface area is 133 Å². The first-order valence-electron chi connectivity index (χ1n) is 6.50. The van der Waals surface area contributed by atoms with E-state index in [0.717, 1.165) is 10.2 Å². The summed E-state index contributed by atoms with van der Waals surface area (Å²) in [5.41, 5.74) is 0. The third-order valence-electron chi connectivity index (χ3n) is 2.95. The number of aliphatic hydroxyl groups excluding tert-OH is 2. The molecule has 0 saturated carbocycles. The summed E-state index contributed by atoms with van der Waals surface area (Å²) in [6.07, 6.45) is 1.38. The van der Waals surface area contributed by atoms with Crippen LogP contribution in [0.25, 0.3) is 0 Å². The van der Waals surface area contributed by atoms with E-state index in [1.807, 2.05) is 37.4 Å². The van der Waals surface area contributed by atoms with Crippen LogP contribution in [0.4, 0.5) is 0 Å². The van der Waals surface area contributed by atoms with Gasteiger partial charge < -0.3 is 20.3 Å². The number of hydrogen-bond donors (Lipinski definition) is 3. The highest BCUT2D eigenvalue weighted by Gasteiger charge is 2.16. The van der Waals surface area contributed by atoms with E-state index in [0.29, 0.717) is 6.54 Å². The molecule has 0 bridgehead atoms. The number of thioether (sulfide) groups is 1. The molecule has 0 aliphatic carbocycles. The molecular formula is C14H22BrNO3S. The van der Waals surface area contributed by atoms with Crippen molar-refractivity contribution >= 4 is 27.7 Å². The van der Waals surface area contributed by atoms with Crippen LogP contribution in [0.1, 0.15) is 6.92 Å². The standard InChI is InChI=1S/C14H22BrNO3S/c1-10(14(8-17)20-2)16-7-12(18)9-19-13-5-3-4-11(15)6-13/h3-6,10,12,14,16-18H,7-9H2,1-2H3. The third kappa shape index (κ3) is 6.45. The Hall–Kier alpha value is -0.270. The molecule has 6 heteroatoms. The van der Waals surface area contributed by atoms with E-state index in [1.165, 1.54) is 0 Å². The van der Waals surface area contributed by atoms with Gasteiger partial charge >= 0.3 is 0 Å². The number of rotatable bonds is 9. The van der Waals surface area contributed by atoms with Gasteiger partial charge in [0, 0.05) is 22.3 Å². The fourth-order valence-corrected chi connectivity index (χ4v) is 2.73. The molecule has 0 saturated heterocycles. The lowest BCUT2D eigenvalue weighted by Gasteiger charge is -2.23. The lowest BCUT2D eigenvalue weighted by atomic mass is 10.2. The van der Waals surface area contributed by atoms with Gasteiger partial charge in [0.05, 0.1) is 6.61 Å². The second-order valence-corrected chi connectivity index (χ2v) is 6.57. The normalized spacial score (nSPS) is 15.7. The average molecular weight is 364 g/mol. The van der Waals surface area contributed by atoms with Crippen molar-refractivity contribution < 1.29 is 14.9 Å². The number of ether oxygens (including phenoxy) is 1. The van der Waals surface area contributed by atoms with Crippen molar-refractivity contribution in [3.8, 4) is 5.75 Å². The molecule has 1 aromatic carbocycles. The maximum atomic E-state index is 9.89. The Balaban J connectivity index is 2.28. The van der Waals surface area contributed by atoms with Gasteiger partial charge in [-0.2, -0.15) is 11.8 Å². The lowest BCUT2D eigenvalue weighted by molar-refractivity contribution is 0.103. The fourth-order valence-electron chi connectivity index (χ4n) is 1.70. The molecule has 0 aromatic heterocycles. The topological polar surface area (TPSA) is 61.7 Å². The highest BCUT2D eigenvalue weighted by molar-refractivity contribution is 9.10. The van der Waals surface area contributed by atoms with Gasteiger partial charge in [0.15, 0.2) is 0 Å². The number of halogens is 1. The fraction of sp³-hybridized carbons (Fsp3) is 0.571. The zero-order chi connectivity index (χ0) is 15.0. The molecule has 0 fully saturated rings. The Morgan fingerprint density at radius 2 is 2.20 bits per heavy atom. The predicted molar refractivity (Wildman–Crippen MR) is 87.5 cm³/mol. The molecule has 1 aromatic rings. The van der Waals surface area contributed by atoms with E-state index in [9.17, 15) is 10.2 Å². The van der Waals surface area contributed by atoms with Crippen molar-refractivity contribution in [2.45, 2.75) is 24.3 Å². The molecule has 20 heavy (non-hydrogen) atoms. The Morgan fingerprint density at radius 1 is 1.45 bits per heavy atom. The van der Waals surface area contributed by atoms with E-state index in [-0.39, 0.29) is 24.5 Å². The first kappa shape index (κ1) is 17.8. The summed E-state index contributed by atoms with van der Waals surface area (Å²) in [6.45, 7) is 2.80. The molecule has 0 aliphatic heterocycles. The summed E-state index contributed by atoms with van der Waals surface area (Å²) >= 11 is 4.98. The van der Waals surface area contributed by atoms with Crippen LogP contribution in [-0.2, 0) is 0 Å². The number of hydrogen-bond acceptors (Lipinski definition) is 5. The molecule has 0 amide bonds. The van der Waals surface area contributed by atoms with Gasteiger partial charge in [-0.3, -0.25) is 0 Å². The Morgan fingerprint density at radius 3 is 2.80 bits per heavy atom. The number of aliphatic hydroxyl groups is 2. The number of nitrogens with one attached hydrogen (secondary N) is 1. The van der Waals surface area contributed by atoms with E-state index < -0.39 is 6.10 Å². The average Bonchev–Trinajstić information content (AvgIpc) is 2.44. The maximum Gasteiger partial charge on any atom is 0.120 e. The van der Waals surface area contributed by atoms with E-state index in [2.05, 4.69) is 21.2 Å². The highest BCUT2D eigenvalue weighted by Crippen LogP contribution is 2.17. The van der Waals surface area contributed by atoms with E-state index in [1.54, 1.807) is 11.8 Å². The third-order valence-corrected chi connectivity index (χ3v) is 4.61. The van der Waals surface area contributed by atoms with Gasteiger partial charge in [0.25, 0.3) is 0 Å². The molecule has 3 unspecified atom stereocenters. The summed E-state index contributed by atoms with van der Waals surface area (Å²) in [5.74, 6) is 0.726. The van der Waals surface area contributed by atoms with Crippen LogP contribution < -0.4 is 10.1 Å². The highest BCUT2D eigenvalue weighted by atomic mass is 79.9. The van der Waals surface area contributed by atoms with Gasteiger partial charge in [-0.15, -0.1) is 0 Å². The summed E-state index contributed by atoms with van der Waals surface area (Å²) in [7, 11) is 0. The second kappa shape index (κ2) is 9.63. The molecule has 0 aliphatic rings. The zero-order valence-corrected chi connectivity index (χ0v) is 14.2. The van der Waals surface area contributed by atoms with Crippen LogP contribution in [0.3, 0.4) is 0 Å². The largest absolute Gasteiger partial charge is 0.491 e. The zero-order valence-electron chi connectivity index (χ0n) is 11.8. The molecule has 0 spiro atoms. The van der Waals surface area contributed by atoms with Gasteiger partial charge in [0.2, 0.25) is 0 Å². The SMILES string of the molecule is CSC(CO)C(C)NCC(O)COc1cccc(Br)c1. The van der Waals surface area contributed by atoms with Crippen LogP contribution in [0.15, 0.2) is 28.7 Å². The summed E-state index contributed by atoms with van der Waals surface area (Å²) < 4.78 is 6.47. The van der Waals surface area contributed by atoms with Crippen LogP contribution in [-0.4, -0.2) is 53.6 Å². The molecule has 0 radical (unpaired) electrons. The van der Waals surface area contributed by atoms with Gasteiger partial charge in [-0.25, -0.2) is 0 Å². The molecular weight excluding hydrogens is 342 g/mol. The monoisotopic (exact) mass is 363 g/mol. The lowest BCUT2D eigenvalue weighted by Crippen LogP contribution is -2.42. The van der Waals surface area contributed by atoms with Crippen molar-refractivity contribution in [2.24, 2.45) is 0 Å². The van der Waals surface area contributed by atoms with Crippen molar-refractivity contribution in [1.29, 1.82) is 0 Å². The summed E-state index contributed by atoms with van der Waals surface area (Å²) in [5, 5.41) is 22.4. The van der Waals surface area contributed by atoms with Gasteiger partial charge in [-0.1, -0.05) is 22.0 Å². The Bertz CT molecular complexity index is 390. The molecule has 0 heterocycles. The van der Waals surface area contributed by atoms with Gasteiger partial charge in [-0.05, 0) is 31.4 Å². The minimum atomic E-state index is -0.586. The Kier molecular flexibility index (Phi) is 8.56. The smallest absolute Gasteiger partial charge is 0.120 e. The molecule has 3 N–H and O–H groups in total. The summed E-state index contributed by atoms with van der Waals surface area (Å²) in [6, 6.07) is 7.65. The molecule has 1 rings (SSSR count). The minimum absolute atomic E-state index is 0.125. The predicted octanol–water partition coefficient (Wildman–Crippen LogP) is 1.89. The summed E-state index contributed by atoms with van der Waals surface area (Å²) in [4.78, 5) is 0. The second-order valence-electron chi connectivity index (χ2n) is 4.58. The first-order chi connectivity index (χ1) is 9.56. The van der Waals surface area contributed by atoms with Crippen molar-refractivity contribution in [3.05, 3.63) is 28.7 Å². The number of benzene rings is 1. The van der Waals surface area contributed by atoms with Crippen LogP contribution in [0.5, 0.6) is 5.75 Å². The van der Waals surface area contributed by atoms with Crippen LogP contribution >= 0.6 is 27.7 Å². The van der Waals surface area contributed by atoms with Crippen LogP contribution in [0.2, 0.25) is 0 Å². The van der Waals surface area contributed by atoms with Crippen molar-refractivity contribution in [1.82, 2.24) is 5.32 Å². The molecule has 3 atom stereocenters. The quantitative estimate of drug-likeness (QED) is 0.625. The van der Waals surface area contributed by atoms with Crippen molar-refractivity contribution in [3.63, 3.8) is 0 Å². The minimum Gasteiger partial charge on any atom is -0.491 e. The van der Waals surface area contributed by atoms with Crippen molar-refractivity contribution in [2.75, 3.05) is 26.0 Å². The van der Waals surface area contributed by atoms with E-state index >= 15 is 0 Å². The molecule has 4 nitrogen and oxygen atoms in total. The van der Waals surface area contributed by atoms with Crippen LogP contribution in [0, 0.1) is 0 Å². The van der Waals surface area contributed by atoms with Gasteiger partial charge in [0.1, 0.15) is 18.5 Å². The maximum absolute atomic E-state index is 9.89. The first-order valence-corrected chi connectivity index (χ1v) is 8.58.